The number of rotatable bonds is 1. The van der Waals surface area contributed by atoms with Crippen molar-refractivity contribution >= 4 is 27.7 Å². The first kappa shape index (κ1) is 13.0. The summed E-state index contributed by atoms with van der Waals surface area (Å²) in [4.78, 5) is 25.2. The van der Waals surface area contributed by atoms with E-state index >= 15 is 0 Å². The summed E-state index contributed by atoms with van der Waals surface area (Å²) in [5.74, 6) is -1.03. The van der Waals surface area contributed by atoms with Crippen LogP contribution in [-0.2, 0) is 4.79 Å². The number of amides is 2. The highest BCUT2D eigenvalue weighted by Crippen LogP contribution is 2.23. The molecule has 1 fully saturated rings. The summed E-state index contributed by atoms with van der Waals surface area (Å²) in [6.45, 7) is 2.50. The van der Waals surface area contributed by atoms with E-state index in [-0.39, 0.29) is 21.9 Å². The Bertz CT molecular complexity index is 507. The predicted octanol–water partition coefficient (Wildman–Crippen LogP) is 1.55. The largest absolute Gasteiger partial charge is 0.353 e. The summed E-state index contributed by atoms with van der Waals surface area (Å²) in [5.41, 5.74) is 0.233. The van der Waals surface area contributed by atoms with Crippen LogP contribution in [0, 0.1) is 5.82 Å². The van der Waals surface area contributed by atoms with E-state index in [0.717, 1.165) is 0 Å². The fraction of sp³-hybridized carbons (Fsp3) is 0.333. The fourth-order valence-electron chi connectivity index (χ4n) is 1.88. The van der Waals surface area contributed by atoms with E-state index in [0.29, 0.717) is 13.1 Å². The van der Waals surface area contributed by atoms with E-state index in [9.17, 15) is 14.0 Å². The summed E-state index contributed by atoms with van der Waals surface area (Å²) >= 11 is 3.06. The monoisotopic (exact) mass is 314 g/mol. The molecule has 2 amide bonds. The maximum atomic E-state index is 13.4. The molecule has 0 aliphatic carbocycles. The fourth-order valence-corrected chi connectivity index (χ4v) is 2.32. The Hall–Kier alpha value is -1.43. The zero-order valence-electron chi connectivity index (χ0n) is 9.74. The molecule has 1 aromatic rings. The van der Waals surface area contributed by atoms with Gasteiger partial charge in [-0.3, -0.25) is 9.59 Å². The van der Waals surface area contributed by atoms with Crippen molar-refractivity contribution in [2.75, 3.05) is 13.1 Å². The third-order valence-corrected chi connectivity index (χ3v) is 3.75. The predicted molar refractivity (Wildman–Crippen MR) is 67.6 cm³/mol. The molecular formula is C12H12BrFN2O2. The molecule has 1 aliphatic heterocycles. The standard InChI is InChI=1S/C12H12BrFN2O2/c1-7-11(17)15-5-6-16(7)12(18)8-3-2-4-9(14)10(8)13/h2-4,7H,5-6H2,1H3,(H,15,17). The molecule has 18 heavy (non-hydrogen) atoms. The van der Waals surface area contributed by atoms with Gasteiger partial charge in [0.2, 0.25) is 5.91 Å². The van der Waals surface area contributed by atoms with E-state index in [1.165, 1.54) is 23.1 Å². The van der Waals surface area contributed by atoms with Crippen LogP contribution in [0.5, 0.6) is 0 Å². The summed E-state index contributed by atoms with van der Waals surface area (Å²) in [5, 5.41) is 2.68. The van der Waals surface area contributed by atoms with Crippen LogP contribution in [0.15, 0.2) is 22.7 Å². The highest BCUT2D eigenvalue weighted by molar-refractivity contribution is 9.10. The normalized spacial score (nSPS) is 19.6. The van der Waals surface area contributed by atoms with E-state index in [1.54, 1.807) is 6.92 Å². The molecular weight excluding hydrogens is 303 g/mol. The molecule has 6 heteroatoms. The molecule has 1 unspecified atom stereocenters. The van der Waals surface area contributed by atoms with Crippen LogP contribution in [0.1, 0.15) is 17.3 Å². The lowest BCUT2D eigenvalue weighted by atomic mass is 10.1. The quantitative estimate of drug-likeness (QED) is 0.855. The van der Waals surface area contributed by atoms with Gasteiger partial charge in [0.1, 0.15) is 11.9 Å². The van der Waals surface area contributed by atoms with Crippen molar-refractivity contribution in [1.82, 2.24) is 10.2 Å². The minimum atomic E-state index is -0.540. The first-order valence-corrected chi connectivity index (χ1v) is 6.34. The van der Waals surface area contributed by atoms with Gasteiger partial charge in [0, 0.05) is 13.1 Å². The molecule has 0 radical (unpaired) electrons. The van der Waals surface area contributed by atoms with Crippen molar-refractivity contribution in [3.05, 3.63) is 34.1 Å². The molecule has 1 heterocycles. The van der Waals surface area contributed by atoms with Crippen LogP contribution in [-0.4, -0.2) is 35.8 Å². The number of nitrogens with zero attached hydrogens (tertiary/aromatic N) is 1. The highest BCUT2D eigenvalue weighted by atomic mass is 79.9. The zero-order valence-corrected chi connectivity index (χ0v) is 11.3. The molecule has 1 aromatic carbocycles. The molecule has 1 atom stereocenters. The van der Waals surface area contributed by atoms with Crippen molar-refractivity contribution in [1.29, 1.82) is 0 Å². The second-order valence-electron chi connectivity index (χ2n) is 4.07. The van der Waals surface area contributed by atoms with Gasteiger partial charge in [-0.25, -0.2) is 4.39 Å². The van der Waals surface area contributed by atoms with Crippen LogP contribution >= 0.6 is 15.9 Å². The minimum Gasteiger partial charge on any atom is -0.353 e. The second-order valence-corrected chi connectivity index (χ2v) is 4.86. The number of piperazine rings is 1. The third-order valence-electron chi connectivity index (χ3n) is 2.94. The van der Waals surface area contributed by atoms with Gasteiger partial charge in [-0.05, 0) is 35.0 Å². The Morgan fingerprint density at radius 3 is 3.00 bits per heavy atom. The molecule has 1 N–H and O–H groups in total. The molecule has 0 spiro atoms. The SMILES string of the molecule is CC1C(=O)NCCN1C(=O)c1cccc(F)c1Br. The van der Waals surface area contributed by atoms with Gasteiger partial charge in [0.05, 0.1) is 10.0 Å². The molecule has 4 nitrogen and oxygen atoms in total. The van der Waals surface area contributed by atoms with Crippen LogP contribution in [0.4, 0.5) is 4.39 Å². The second kappa shape index (κ2) is 5.06. The van der Waals surface area contributed by atoms with Crippen LogP contribution in [0.2, 0.25) is 0 Å². The molecule has 0 saturated carbocycles. The van der Waals surface area contributed by atoms with Crippen molar-refractivity contribution in [2.24, 2.45) is 0 Å². The molecule has 2 rings (SSSR count). The smallest absolute Gasteiger partial charge is 0.255 e. The number of benzene rings is 1. The zero-order chi connectivity index (χ0) is 13.3. The summed E-state index contributed by atoms with van der Waals surface area (Å²) in [6.07, 6.45) is 0. The number of halogens is 2. The number of carbonyl (C=O) groups is 2. The lowest BCUT2D eigenvalue weighted by Crippen LogP contribution is -2.55. The number of nitrogens with one attached hydrogen (secondary N) is 1. The summed E-state index contributed by atoms with van der Waals surface area (Å²) < 4.78 is 13.5. The molecule has 1 aliphatic rings. The van der Waals surface area contributed by atoms with E-state index < -0.39 is 11.9 Å². The lowest BCUT2D eigenvalue weighted by Gasteiger charge is -2.33. The van der Waals surface area contributed by atoms with Crippen LogP contribution in [0.25, 0.3) is 0 Å². The average molecular weight is 315 g/mol. The van der Waals surface area contributed by atoms with E-state index in [4.69, 9.17) is 0 Å². The number of hydrogen-bond donors (Lipinski definition) is 1. The number of carbonyl (C=O) groups excluding carboxylic acids is 2. The van der Waals surface area contributed by atoms with Gasteiger partial charge in [-0.1, -0.05) is 6.07 Å². The van der Waals surface area contributed by atoms with E-state index in [2.05, 4.69) is 21.2 Å². The van der Waals surface area contributed by atoms with Gasteiger partial charge in [0.15, 0.2) is 0 Å². The van der Waals surface area contributed by atoms with E-state index in [1.807, 2.05) is 0 Å². The Balaban J connectivity index is 2.31. The third kappa shape index (κ3) is 2.25. The van der Waals surface area contributed by atoms with Crippen molar-refractivity contribution in [2.45, 2.75) is 13.0 Å². The van der Waals surface area contributed by atoms with Gasteiger partial charge < -0.3 is 10.2 Å². The van der Waals surface area contributed by atoms with Crippen molar-refractivity contribution < 1.29 is 14.0 Å². The summed E-state index contributed by atoms with van der Waals surface area (Å²) in [7, 11) is 0. The Kier molecular flexibility index (Phi) is 3.65. The Labute approximate surface area is 112 Å². The maximum absolute atomic E-state index is 13.4. The minimum absolute atomic E-state index is 0.133. The molecule has 96 valence electrons. The maximum Gasteiger partial charge on any atom is 0.255 e. The average Bonchev–Trinajstić information content (AvgIpc) is 2.35. The van der Waals surface area contributed by atoms with Crippen LogP contribution in [0.3, 0.4) is 0 Å². The summed E-state index contributed by atoms with van der Waals surface area (Å²) in [6, 6.07) is 3.74. The molecule has 0 bridgehead atoms. The topological polar surface area (TPSA) is 49.4 Å². The van der Waals surface area contributed by atoms with Crippen molar-refractivity contribution in [3.63, 3.8) is 0 Å². The van der Waals surface area contributed by atoms with Gasteiger partial charge in [-0.2, -0.15) is 0 Å². The Morgan fingerprint density at radius 1 is 1.56 bits per heavy atom. The highest BCUT2D eigenvalue weighted by Gasteiger charge is 2.30. The van der Waals surface area contributed by atoms with Crippen LogP contribution < -0.4 is 5.32 Å². The van der Waals surface area contributed by atoms with Gasteiger partial charge in [0.25, 0.3) is 5.91 Å². The lowest BCUT2D eigenvalue weighted by molar-refractivity contribution is -0.127. The number of hydrogen-bond acceptors (Lipinski definition) is 2. The molecule has 0 aromatic heterocycles. The Morgan fingerprint density at radius 2 is 2.28 bits per heavy atom. The first-order valence-electron chi connectivity index (χ1n) is 5.55. The van der Waals surface area contributed by atoms with Gasteiger partial charge >= 0.3 is 0 Å². The van der Waals surface area contributed by atoms with Gasteiger partial charge in [-0.15, -0.1) is 0 Å². The first-order chi connectivity index (χ1) is 8.52. The molecule has 1 saturated heterocycles. The van der Waals surface area contributed by atoms with Crippen molar-refractivity contribution in [3.8, 4) is 0 Å².